The molecule has 0 unspecified atom stereocenters. The predicted octanol–water partition coefficient (Wildman–Crippen LogP) is 3.04. The van der Waals surface area contributed by atoms with Gasteiger partial charge in [0.15, 0.2) is 10.0 Å². The van der Waals surface area contributed by atoms with E-state index in [1.165, 1.54) is 6.07 Å². The van der Waals surface area contributed by atoms with Crippen LogP contribution in [-0.2, 0) is 14.8 Å². The van der Waals surface area contributed by atoms with Crippen LogP contribution < -0.4 is 14.9 Å². The molecule has 1 saturated carbocycles. The van der Waals surface area contributed by atoms with Gasteiger partial charge in [-0.05, 0) is 45.7 Å². The Labute approximate surface area is 217 Å². The number of anilines is 1. The smallest absolute Gasteiger partial charge is 0.291 e. The summed E-state index contributed by atoms with van der Waals surface area (Å²) in [6.45, 7) is 7.27. The molecule has 1 aromatic carbocycles. The van der Waals surface area contributed by atoms with Crippen LogP contribution in [0.3, 0.4) is 0 Å². The standard InChI is InChI=1S/C23H29F2N7O3S2/c1-12-9-32(10-14(26-12)11-35-4)17-8-15(37(33,34)31-23(3)5-6-23)7-16-18(17)27-13(2)28-19(16)21-29-30-22(36-21)20(24)25/h7-8,12,14,20,26,31H,5-6,9-11H2,1-4H3/t12-,14+/m0/s1. The number of fused-ring (bicyclic) bond motifs is 1. The lowest BCUT2D eigenvalue weighted by atomic mass is 10.1. The lowest BCUT2D eigenvalue weighted by Crippen LogP contribution is -2.57. The second-order valence-electron chi connectivity index (χ2n) is 10.00. The van der Waals surface area contributed by atoms with Crippen LogP contribution in [0.15, 0.2) is 17.0 Å². The van der Waals surface area contributed by atoms with E-state index in [0.29, 0.717) is 42.1 Å². The Balaban J connectivity index is 1.72. The summed E-state index contributed by atoms with van der Waals surface area (Å²) in [6.07, 6.45) is -1.25. The van der Waals surface area contributed by atoms with Gasteiger partial charge in [0, 0.05) is 43.2 Å². The molecule has 2 aromatic heterocycles. The molecule has 0 bridgehead atoms. The number of alkyl halides is 2. The van der Waals surface area contributed by atoms with Crippen molar-refractivity contribution in [2.45, 2.75) is 62.6 Å². The largest absolute Gasteiger partial charge is 0.383 e. The fraction of sp³-hybridized carbons (Fsp3) is 0.565. The molecule has 0 amide bonds. The van der Waals surface area contributed by atoms with E-state index >= 15 is 0 Å². The monoisotopic (exact) mass is 553 g/mol. The minimum Gasteiger partial charge on any atom is -0.383 e. The van der Waals surface area contributed by atoms with E-state index in [4.69, 9.17) is 4.74 Å². The first-order chi connectivity index (χ1) is 17.5. The third kappa shape index (κ3) is 5.43. The number of methoxy groups -OCH3 is 1. The van der Waals surface area contributed by atoms with Gasteiger partial charge < -0.3 is 15.0 Å². The quantitative estimate of drug-likeness (QED) is 0.433. The van der Waals surface area contributed by atoms with Crippen molar-refractivity contribution in [3.8, 4) is 10.7 Å². The number of rotatable bonds is 8. The van der Waals surface area contributed by atoms with Crippen LogP contribution >= 0.6 is 11.3 Å². The van der Waals surface area contributed by atoms with E-state index in [1.807, 2.05) is 13.8 Å². The molecular weight excluding hydrogens is 524 g/mol. The molecule has 10 nitrogen and oxygen atoms in total. The van der Waals surface area contributed by atoms with Crippen molar-refractivity contribution in [1.82, 2.24) is 30.2 Å². The van der Waals surface area contributed by atoms with Crippen molar-refractivity contribution in [3.63, 3.8) is 0 Å². The highest BCUT2D eigenvalue weighted by Gasteiger charge is 2.41. The van der Waals surface area contributed by atoms with Gasteiger partial charge in [-0.3, -0.25) is 0 Å². The van der Waals surface area contributed by atoms with Gasteiger partial charge in [0.05, 0.1) is 22.7 Å². The van der Waals surface area contributed by atoms with Gasteiger partial charge in [-0.15, -0.1) is 10.2 Å². The average Bonchev–Trinajstić information content (AvgIpc) is 3.33. The van der Waals surface area contributed by atoms with Crippen LogP contribution in [0.5, 0.6) is 0 Å². The van der Waals surface area contributed by atoms with Gasteiger partial charge >= 0.3 is 0 Å². The van der Waals surface area contributed by atoms with Crippen LogP contribution in [0.25, 0.3) is 21.6 Å². The van der Waals surface area contributed by atoms with E-state index in [0.717, 1.165) is 24.2 Å². The Morgan fingerprint density at radius 1 is 1.27 bits per heavy atom. The van der Waals surface area contributed by atoms with Crippen LogP contribution in [0, 0.1) is 6.92 Å². The first kappa shape index (κ1) is 26.2. The molecule has 2 fully saturated rings. The van der Waals surface area contributed by atoms with Crippen molar-refractivity contribution < 1.29 is 21.9 Å². The van der Waals surface area contributed by atoms with Gasteiger partial charge in [0.2, 0.25) is 10.0 Å². The third-order valence-electron chi connectivity index (χ3n) is 6.55. The first-order valence-corrected chi connectivity index (χ1v) is 14.3. The second-order valence-corrected chi connectivity index (χ2v) is 12.7. The highest BCUT2D eigenvalue weighted by Crippen LogP contribution is 2.39. The fourth-order valence-electron chi connectivity index (χ4n) is 4.63. The van der Waals surface area contributed by atoms with E-state index < -0.39 is 27.0 Å². The molecule has 2 aliphatic rings. The summed E-state index contributed by atoms with van der Waals surface area (Å²) in [5, 5.41) is 11.2. The summed E-state index contributed by atoms with van der Waals surface area (Å²) in [5.41, 5.74) is 0.954. The van der Waals surface area contributed by atoms with Gasteiger partial charge in [-0.2, -0.15) is 0 Å². The lowest BCUT2D eigenvalue weighted by molar-refractivity contribution is 0.150. The normalized spacial score (nSPS) is 21.6. The molecular formula is C23H29F2N7O3S2. The molecule has 2 N–H and O–H groups in total. The highest BCUT2D eigenvalue weighted by atomic mass is 32.2. The Bertz CT molecular complexity index is 1430. The Morgan fingerprint density at radius 2 is 2.03 bits per heavy atom. The minimum absolute atomic E-state index is 0.0201. The molecule has 14 heteroatoms. The van der Waals surface area contributed by atoms with Gasteiger partial charge in [0.25, 0.3) is 6.43 Å². The molecule has 200 valence electrons. The fourth-order valence-corrected chi connectivity index (χ4v) is 6.84. The highest BCUT2D eigenvalue weighted by molar-refractivity contribution is 7.89. The van der Waals surface area contributed by atoms with Crippen molar-refractivity contribution in [3.05, 3.63) is 23.0 Å². The summed E-state index contributed by atoms with van der Waals surface area (Å²) < 4.78 is 61.7. The average molecular weight is 554 g/mol. The molecule has 5 rings (SSSR count). The number of benzene rings is 1. The summed E-state index contributed by atoms with van der Waals surface area (Å²) in [7, 11) is -2.25. The number of nitrogens with zero attached hydrogens (tertiary/aromatic N) is 5. The first-order valence-electron chi connectivity index (χ1n) is 12.0. The van der Waals surface area contributed by atoms with Crippen LogP contribution in [-0.4, -0.2) is 73.0 Å². The summed E-state index contributed by atoms with van der Waals surface area (Å²) in [6, 6.07) is 3.27. The maximum atomic E-state index is 13.5. The number of hydrogen-bond acceptors (Lipinski definition) is 10. The number of halogens is 2. The lowest BCUT2D eigenvalue weighted by Gasteiger charge is -2.39. The van der Waals surface area contributed by atoms with Gasteiger partial charge in [-0.1, -0.05) is 11.3 Å². The number of sulfonamides is 1. The van der Waals surface area contributed by atoms with Crippen LogP contribution in [0.4, 0.5) is 14.5 Å². The number of ether oxygens (including phenoxy) is 1. The van der Waals surface area contributed by atoms with Crippen molar-refractivity contribution in [1.29, 1.82) is 0 Å². The number of aryl methyl sites for hydroxylation is 1. The summed E-state index contributed by atoms with van der Waals surface area (Å²) in [4.78, 5) is 11.3. The number of aromatic nitrogens is 4. The summed E-state index contributed by atoms with van der Waals surface area (Å²) >= 11 is 0.732. The van der Waals surface area contributed by atoms with Crippen molar-refractivity contribution in [2.24, 2.45) is 0 Å². The van der Waals surface area contributed by atoms with Crippen LogP contribution in [0.2, 0.25) is 0 Å². The molecule has 2 atom stereocenters. The Hall–Kier alpha value is -2.39. The Morgan fingerprint density at radius 3 is 2.68 bits per heavy atom. The number of piperazine rings is 1. The molecule has 3 heterocycles. The molecule has 0 radical (unpaired) electrons. The SMILES string of the molecule is COC[C@H]1CN(c2cc(S(=O)(=O)NC3(C)CC3)cc3c(-c4nnc(C(F)F)s4)nc(C)nc23)C[C@H](C)N1. The number of hydrogen-bond donors (Lipinski definition) is 2. The minimum atomic E-state index is -3.89. The third-order valence-corrected chi connectivity index (χ3v) is 9.11. The second kappa shape index (κ2) is 9.73. The van der Waals surface area contributed by atoms with E-state index in [2.05, 4.69) is 35.1 Å². The van der Waals surface area contributed by atoms with Crippen molar-refractivity contribution >= 4 is 38.0 Å². The topological polar surface area (TPSA) is 122 Å². The van der Waals surface area contributed by atoms with E-state index in [1.54, 1.807) is 20.1 Å². The molecule has 3 aromatic rings. The van der Waals surface area contributed by atoms with E-state index in [-0.39, 0.29) is 27.7 Å². The predicted molar refractivity (Wildman–Crippen MR) is 137 cm³/mol. The van der Waals surface area contributed by atoms with Gasteiger partial charge in [0.1, 0.15) is 11.5 Å². The van der Waals surface area contributed by atoms with Gasteiger partial charge in [-0.25, -0.2) is 31.9 Å². The zero-order valence-electron chi connectivity index (χ0n) is 21.0. The molecule has 1 aliphatic carbocycles. The van der Waals surface area contributed by atoms with Crippen LogP contribution in [0.1, 0.15) is 43.9 Å². The zero-order chi connectivity index (χ0) is 26.5. The molecule has 1 aliphatic heterocycles. The zero-order valence-corrected chi connectivity index (χ0v) is 22.6. The number of nitrogens with one attached hydrogen (secondary N) is 2. The maximum absolute atomic E-state index is 13.5. The summed E-state index contributed by atoms with van der Waals surface area (Å²) in [5.74, 6) is 0.411. The molecule has 0 spiro atoms. The van der Waals surface area contributed by atoms with Crippen molar-refractivity contribution in [2.75, 3.05) is 31.7 Å². The van der Waals surface area contributed by atoms with E-state index in [9.17, 15) is 17.2 Å². The Kier molecular flexibility index (Phi) is 6.90. The molecule has 37 heavy (non-hydrogen) atoms. The maximum Gasteiger partial charge on any atom is 0.291 e. The molecule has 1 saturated heterocycles.